The summed E-state index contributed by atoms with van der Waals surface area (Å²) in [6.07, 6.45) is 0.613. The van der Waals surface area contributed by atoms with Gasteiger partial charge in [-0.2, -0.15) is 0 Å². The third kappa shape index (κ3) is 4.11. The molecule has 6 nitrogen and oxygen atoms in total. The van der Waals surface area contributed by atoms with Gasteiger partial charge in [-0.05, 0) is 42.5 Å². The van der Waals surface area contributed by atoms with Gasteiger partial charge in [0.1, 0.15) is 17.6 Å². The summed E-state index contributed by atoms with van der Waals surface area (Å²) in [4.78, 5) is 1.48. The van der Waals surface area contributed by atoms with Crippen molar-refractivity contribution in [3.63, 3.8) is 0 Å². The number of sulfonamides is 1. The molecule has 2 N–H and O–H groups in total. The summed E-state index contributed by atoms with van der Waals surface area (Å²) in [5, 5.41) is 10.4. The van der Waals surface area contributed by atoms with Crippen molar-refractivity contribution in [1.29, 1.82) is 0 Å². The van der Waals surface area contributed by atoms with Crippen LogP contribution in [0.4, 0.5) is 0 Å². The Morgan fingerprint density at radius 1 is 1.31 bits per heavy atom. The normalized spacial score (nSPS) is 12.9. The molecule has 0 bridgehead atoms. The first-order valence-electron chi connectivity index (χ1n) is 7.54. The monoisotopic (exact) mass is 413 g/mol. The lowest BCUT2D eigenvalue weighted by molar-refractivity contribution is 0.193. The molecule has 0 aliphatic heterocycles. The zero-order valence-corrected chi connectivity index (χ0v) is 16.1. The number of nitrogens with one attached hydrogen (secondary N) is 1. The van der Waals surface area contributed by atoms with Crippen molar-refractivity contribution in [3.05, 3.63) is 69.3 Å². The fourth-order valence-electron chi connectivity index (χ4n) is 2.29. The lowest BCUT2D eigenvalue weighted by Crippen LogP contribution is -2.22. The van der Waals surface area contributed by atoms with Crippen molar-refractivity contribution < 1.29 is 22.7 Å². The van der Waals surface area contributed by atoms with Crippen molar-refractivity contribution in [2.24, 2.45) is 0 Å². The number of ether oxygens (including phenoxy) is 1. The van der Waals surface area contributed by atoms with Crippen LogP contribution in [0, 0.1) is 0 Å². The van der Waals surface area contributed by atoms with Crippen LogP contribution in [0.3, 0.4) is 0 Å². The van der Waals surface area contributed by atoms with Gasteiger partial charge in [-0.3, -0.25) is 0 Å². The van der Waals surface area contributed by atoms with Crippen LogP contribution >= 0.6 is 22.9 Å². The van der Waals surface area contributed by atoms with E-state index in [1.54, 1.807) is 24.3 Å². The molecule has 1 atom stereocenters. The Kier molecular flexibility index (Phi) is 5.69. The minimum Gasteiger partial charge on any atom is -0.495 e. The molecule has 0 radical (unpaired) electrons. The van der Waals surface area contributed by atoms with E-state index < -0.39 is 16.1 Å². The zero-order valence-electron chi connectivity index (χ0n) is 13.7. The van der Waals surface area contributed by atoms with Crippen molar-refractivity contribution in [1.82, 2.24) is 4.72 Å². The summed E-state index contributed by atoms with van der Waals surface area (Å²) in [7, 11) is -2.27. The molecular weight excluding hydrogens is 398 g/mol. The molecular formula is C17H16ClNO5S2. The number of aliphatic hydroxyl groups is 1. The van der Waals surface area contributed by atoms with E-state index in [1.165, 1.54) is 42.9 Å². The first kappa shape index (κ1) is 18.9. The molecule has 0 spiro atoms. The molecule has 1 unspecified atom stereocenters. The number of hydrogen-bond donors (Lipinski definition) is 2. The molecule has 3 aromatic rings. The second kappa shape index (κ2) is 7.81. The number of aliphatic hydroxyl groups excluding tert-OH is 1. The number of hydrogen-bond acceptors (Lipinski definition) is 6. The summed E-state index contributed by atoms with van der Waals surface area (Å²) in [5.41, 5.74) is 0. The van der Waals surface area contributed by atoms with Crippen molar-refractivity contribution in [2.45, 2.75) is 17.5 Å². The quantitative estimate of drug-likeness (QED) is 0.618. The zero-order chi connectivity index (χ0) is 18.7. The standard InChI is InChI=1S/C17H16ClNO5S2/c1-23-14-6-5-12(9-13(14)18)26(21,22)19-10-11-4-7-16(25-11)17(20)15-3-2-8-24-15/h2-9,17,19-20H,10H2,1H3. The van der Waals surface area contributed by atoms with E-state index in [4.69, 9.17) is 20.8 Å². The van der Waals surface area contributed by atoms with E-state index in [0.717, 1.165) is 4.88 Å². The molecule has 0 saturated carbocycles. The van der Waals surface area contributed by atoms with Gasteiger partial charge in [-0.25, -0.2) is 13.1 Å². The molecule has 9 heteroatoms. The van der Waals surface area contributed by atoms with Gasteiger partial charge in [-0.15, -0.1) is 11.3 Å². The molecule has 1 aromatic carbocycles. The predicted octanol–water partition coefficient (Wildman–Crippen LogP) is 3.56. The fourth-order valence-corrected chi connectivity index (χ4v) is 4.68. The van der Waals surface area contributed by atoms with Crippen LogP contribution in [-0.2, 0) is 16.6 Å². The largest absolute Gasteiger partial charge is 0.495 e. The Labute approximate surface area is 160 Å². The highest BCUT2D eigenvalue weighted by atomic mass is 35.5. The van der Waals surface area contributed by atoms with E-state index in [1.807, 2.05) is 0 Å². The van der Waals surface area contributed by atoms with Crippen LogP contribution in [-0.4, -0.2) is 20.6 Å². The first-order chi connectivity index (χ1) is 12.4. The Balaban J connectivity index is 1.69. The van der Waals surface area contributed by atoms with E-state index in [0.29, 0.717) is 16.4 Å². The summed E-state index contributed by atoms with van der Waals surface area (Å²) in [6.45, 7) is 0.0987. The van der Waals surface area contributed by atoms with Crippen molar-refractivity contribution in [3.8, 4) is 5.75 Å². The van der Waals surface area contributed by atoms with Crippen molar-refractivity contribution >= 4 is 33.0 Å². The molecule has 2 aromatic heterocycles. The number of methoxy groups -OCH3 is 1. The predicted molar refractivity (Wildman–Crippen MR) is 99.1 cm³/mol. The Bertz CT molecular complexity index is 983. The van der Waals surface area contributed by atoms with Crippen LogP contribution in [0.2, 0.25) is 5.02 Å². The molecule has 0 aliphatic carbocycles. The Morgan fingerprint density at radius 2 is 2.12 bits per heavy atom. The highest BCUT2D eigenvalue weighted by molar-refractivity contribution is 7.89. The second-order valence-corrected chi connectivity index (χ2v) is 8.72. The van der Waals surface area contributed by atoms with Gasteiger partial charge < -0.3 is 14.3 Å². The fraction of sp³-hybridized carbons (Fsp3) is 0.176. The van der Waals surface area contributed by atoms with Crippen LogP contribution < -0.4 is 9.46 Å². The minimum absolute atomic E-state index is 0.0516. The van der Waals surface area contributed by atoms with Gasteiger partial charge in [0.05, 0.1) is 23.3 Å². The van der Waals surface area contributed by atoms with E-state index in [9.17, 15) is 13.5 Å². The third-order valence-corrected chi connectivity index (χ3v) is 6.47. The summed E-state index contributed by atoms with van der Waals surface area (Å²) in [6, 6.07) is 11.1. The molecule has 0 amide bonds. The highest BCUT2D eigenvalue weighted by Gasteiger charge is 2.18. The molecule has 0 fully saturated rings. The van der Waals surface area contributed by atoms with Gasteiger partial charge in [-0.1, -0.05) is 11.6 Å². The molecule has 26 heavy (non-hydrogen) atoms. The van der Waals surface area contributed by atoms with Gasteiger partial charge in [0.2, 0.25) is 10.0 Å². The van der Waals surface area contributed by atoms with Crippen molar-refractivity contribution in [2.75, 3.05) is 7.11 Å². The van der Waals surface area contributed by atoms with Crippen LogP contribution in [0.1, 0.15) is 21.6 Å². The molecule has 2 heterocycles. The van der Waals surface area contributed by atoms with Gasteiger partial charge >= 0.3 is 0 Å². The maximum atomic E-state index is 12.4. The van der Waals surface area contributed by atoms with E-state index in [2.05, 4.69) is 4.72 Å². The Hall–Kier alpha value is -1.84. The Morgan fingerprint density at radius 3 is 2.77 bits per heavy atom. The average molecular weight is 414 g/mol. The van der Waals surface area contributed by atoms with Gasteiger partial charge in [0.25, 0.3) is 0 Å². The highest BCUT2D eigenvalue weighted by Crippen LogP contribution is 2.29. The number of thiophene rings is 1. The summed E-state index contributed by atoms with van der Waals surface area (Å²) < 4.78 is 37.6. The number of benzene rings is 1. The summed E-state index contributed by atoms with van der Waals surface area (Å²) >= 11 is 7.29. The molecule has 3 rings (SSSR count). The van der Waals surface area contributed by atoms with Gasteiger partial charge in [0, 0.05) is 16.3 Å². The summed E-state index contributed by atoms with van der Waals surface area (Å²) in [5.74, 6) is 0.840. The number of rotatable bonds is 7. The third-order valence-electron chi connectivity index (χ3n) is 3.63. The SMILES string of the molecule is COc1ccc(S(=O)(=O)NCc2ccc(C(O)c3ccco3)s2)cc1Cl. The maximum Gasteiger partial charge on any atom is 0.240 e. The smallest absolute Gasteiger partial charge is 0.240 e. The number of furan rings is 1. The minimum atomic E-state index is -3.72. The van der Waals surface area contributed by atoms with Crippen LogP contribution in [0.25, 0.3) is 0 Å². The molecule has 0 saturated heterocycles. The molecule has 0 aliphatic rings. The van der Waals surface area contributed by atoms with E-state index in [-0.39, 0.29) is 16.5 Å². The first-order valence-corrected chi connectivity index (χ1v) is 10.2. The van der Waals surface area contributed by atoms with Crippen LogP contribution in [0.5, 0.6) is 5.75 Å². The van der Waals surface area contributed by atoms with Gasteiger partial charge in [0.15, 0.2) is 0 Å². The average Bonchev–Trinajstić information content (AvgIpc) is 3.31. The lowest BCUT2D eigenvalue weighted by atomic mass is 10.2. The molecule has 138 valence electrons. The van der Waals surface area contributed by atoms with Crippen LogP contribution in [0.15, 0.2) is 58.0 Å². The number of halogens is 1. The maximum absolute atomic E-state index is 12.4. The topological polar surface area (TPSA) is 88.8 Å². The second-order valence-electron chi connectivity index (χ2n) is 5.34. The van der Waals surface area contributed by atoms with E-state index >= 15 is 0 Å². The lowest BCUT2D eigenvalue weighted by Gasteiger charge is -2.08.